The minimum Gasteiger partial charge on any atom is -0.385 e. The van der Waals surface area contributed by atoms with Crippen LogP contribution in [0.5, 0.6) is 0 Å². The first-order chi connectivity index (χ1) is 17.1. The Labute approximate surface area is 213 Å². The highest BCUT2D eigenvalue weighted by Crippen LogP contribution is 2.66. The van der Waals surface area contributed by atoms with E-state index in [1.165, 1.54) is 12.3 Å². The second-order valence-corrected chi connectivity index (χ2v) is 12.0. The van der Waals surface area contributed by atoms with E-state index in [0.717, 1.165) is 0 Å². The molecular formula is C16H23N4O13P3S. The van der Waals surface area contributed by atoms with Crippen molar-refractivity contribution in [2.75, 3.05) is 24.8 Å². The number of hydrogen-bond donors (Lipinski definition) is 8. The summed E-state index contributed by atoms with van der Waals surface area (Å²) in [5, 5.41) is 0.224. The molecule has 0 radical (unpaired) electrons. The zero-order valence-electron chi connectivity index (χ0n) is 18.6. The summed E-state index contributed by atoms with van der Waals surface area (Å²) in [4.78, 5) is 51.3. The number of hydrogen-bond acceptors (Lipinski definition) is 12. The number of phosphoric ester groups is 1. The number of nitrogens with two attached hydrogens (primary N) is 2. The number of fused-ring (bicyclic) bond motifs is 1. The van der Waals surface area contributed by atoms with Gasteiger partial charge in [0.2, 0.25) is 0 Å². The van der Waals surface area contributed by atoms with Crippen LogP contribution in [0.1, 0.15) is 18.2 Å². The zero-order valence-corrected chi connectivity index (χ0v) is 22.1. The standard InChI is InChI=1S/C16H23N4O13P3S/c17-3-1-2-9-6-20(10-4-13(18)19-16(21)15(9)10)14-5-11(29-8-37)12(31-14)7-30-35(25,26)33-36(27,28)32-34(22,23)24/h4,6,11-12,14,37H,3,5,7-8,17H2,(H,25,26)(H,27,28)(H3,18,19,21)(H2,22,23,24)/t11?,12-,14-/m1/s1. The number of H-pyrrole nitrogens is 1. The number of rotatable bonds is 10. The largest absolute Gasteiger partial charge is 0.490 e. The van der Waals surface area contributed by atoms with Crippen LogP contribution in [0.25, 0.3) is 10.9 Å². The van der Waals surface area contributed by atoms with E-state index < -0.39 is 54.1 Å². The van der Waals surface area contributed by atoms with Gasteiger partial charge < -0.3 is 50.1 Å². The first-order valence-corrected chi connectivity index (χ1v) is 15.2. The maximum Gasteiger partial charge on any atom is 0.490 e. The summed E-state index contributed by atoms with van der Waals surface area (Å²) in [5.74, 6) is 5.44. The minimum absolute atomic E-state index is 0.0417. The summed E-state index contributed by atoms with van der Waals surface area (Å²) in [5.41, 5.74) is 11.4. The molecular weight excluding hydrogens is 581 g/mol. The molecule has 0 aliphatic carbocycles. The summed E-state index contributed by atoms with van der Waals surface area (Å²) < 4.78 is 59.4. The first kappa shape index (κ1) is 30.0. The van der Waals surface area contributed by atoms with Crippen LogP contribution in [0.4, 0.5) is 5.82 Å². The van der Waals surface area contributed by atoms with E-state index in [2.05, 4.69) is 42.6 Å². The van der Waals surface area contributed by atoms with Gasteiger partial charge in [-0.3, -0.25) is 9.32 Å². The van der Waals surface area contributed by atoms with E-state index in [9.17, 15) is 28.3 Å². The van der Waals surface area contributed by atoms with Gasteiger partial charge in [0, 0.05) is 18.7 Å². The molecule has 17 nitrogen and oxygen atoms in total. The number of aromatic amines is 1. The number of thiol groups is 1. The molecule has 0 saturated carbocycles. The number of pyridine rings is 1. The molecule has 1 aliphatic rings. The quantitative estimate of drug-likeness (QED) is 0.0775. The Hall–Kier alpha value is -1.51. The van der Waals surface area contributed by atoms with Crippen LogP contribution < -0.4 is 17.0 Å². The van der Waals surface area contributed by atoms with Gasteiger partial charge in [0.1, 0.15) is 18.1 Å². The van der Waals surface area contributed by atoms with E-state index in [-0.39, 0.29) is 30.1 Å². The van der Waals surface area contributed by atoms with E-state index in [4.69, 9.17) is 30.7 Å². The molecule has 2 aromatic heterocycles. The van der Waals surface area contributed by atoms with E-state index in [1.807, 2.05) is 0 Å². The zero-order chi connectivity index (χ0) is 27.6. The van der Waals surface area contributed by atoms with Crippen LogP contribution in [0.3, 0.4) is 0 Å². The van der Waals surface area contributed by atoms with Gasteiger partial charge in [-0.05, 0) is 0 Å². The lowest BCUT2D eigenvalue weighted by Crippen LogP contribution is -2.28. The molecule has 0 spiro atoms. The van der Waals surface area contributed by atoms with Gasteiger partial charge in [0.25, 0.3) is 5.56 Å². The number of ether oxygens (including phenoxy) is 2. The van der Waals surface area contributed by atoms with Crippen molar-refractivity contribution in [3.8, 4) is 11.8 Å². The molecule has 3 heterocycles. The van der Waals surface area contributed by atoms with Crippen LogP contribution in [-0.2, 0) is 36.3 Å². The number of nitrogens with one attached hydrogen (secondary N) is 1. The van der Waals surface area contributed by atoms with Crippen LogP contribution >= 0.6 is 36.1 Å². The normalized spacial score (nSPS) is 23.4. The number of nitrogen functional groups attached to an aromatic ring is 1. The molecule has 206 valence electrons. The smallest absolute Gasteiger partial charge is 0.385 e. The average molecular weight is 604 g/mol. The van der Waals surface area contributed by atoms with Gasteiger partial charge >= 0.3 is 23.5 Å². The fraction of sp³-hybridized carbons (Fsp3) is 0.438. The lowest BCUT2D eigenvalue weighted by Gasteiger charge is -2.21. The van der Waals surface area contributed by atoms with Crippen molar-refractivity contribution < 1.29 is 55.9 Å². The highest BCUT2D eigenvalue weighted by molar-refractivity contribution is 7.80. The predicted molar refractivity (Wildman–Crippen MR) is 130 cm³/mol. The van der Waals surface area contributed by atoms with E-state index in [0.29, 0.717) is 11.1 Å². The summed E-state index contributed by atoms with van der Waals surface area (Å²) in [6, 6.07) is 1.49. The topological polar surface area (TPSA) is 268 Å². The summed E-state index contributed by atoms with van der Waals surface area (Å²) >= 11 is 4.00. The SMILES string of the molecule is NCC#Cc1cn([C@H]2CC(OCS)[C@@H](COP(=O)(O)OP(=O)(O)OP(=O)(O)O)O2)c2cc(N)[nH]c(=O)c12. The van der Waals surface area contributed by atoms with E-state index in [1.54, 1.807) is 4.57 Å². The van der Waals surface area contributed by atoms with Crippen molar-refractivity contribution in [2.45, 2.75) is 24.9 Å². The monoisotopic (exact) mass is 604 g/mol. The van der Waals surface area contributed by atoms with Crippen molar-refractivity contribution in [1.82, 2.24) is 9.55 Å². The van der Waals surface area contributed by atoms with Gasteiger partial charge in [-0.1, -0.05) is 11.8 Å². The minimum atomic E-state index is -5.68. The van der Waals surface area contributed by atoms with Crippen molar-refractivity contribution in [3.63, 3.8) is 0 Å². The molecule has 1 saturated heterocycles. The summed E-state index contributed by atoms with van der Waals surface area (Å²) in [6.45, 7) is -0.694. The fourth-order valence-corrected chi connectivity index (χ4v) is 6.77. The molecule has 0 amide bonds. The third-order valence-electron chi connectivity index (χ3n) is 4.77. The predicted octanol–water partition coefficient (Wildman–Crippen LogP) is 0.125. The van der Waals surface area contributed by atoms with E-state index >= 15 is 0 Å². The van der Waals surface area contributed by atoms with Crippen molar-refractivity contribution >= 4 is 52.8 Å². The molecule has 3 unspecified atom stereocenters. The molecule has 9 N–H and O–H groups in total. The Morgan fingerprint density at radius 2 is 1.92 bits per heavy atom. The van der Waals surface area contributed by atoms with Gasteiger partial charge in [0.15, 0.2) is 0 Å². The maximum absolute atomic E-state index is 12.5. The van der Waals surface area contributed by atoms with Crippen molar-refractivity contribution in [2.24, 2.45) is 5.73 Å². The maximum atomic E-state index is 12.5. The molecule has 1 aliphatic heterocycles. The summed E-state index contributed by atoms with van der Waals surface area (Å²) in [6.07, 6.45) is -1.01. The Kier molecular flexibility index (Phi) is 9.50. The van der Waals surface area contributed by atoms with Crippen molar-refractivity contribution in [3.05, 3.63) is 28.2 Å². The Bertz CT molecular complexity index is 1410. The Morgan fingerprint density at radius 3 is 2.54 bits per heavy atom. The fourth-order valence-electron chi connectivity index (χ4n) is 3.55. The second-order valence-electron chi connectivity index (χ2n) is 7.36. The lowest BCUT2D eigenvalue weighted by atomic mass is 10.2. The Balaban J connectivity index is 1.84. The number of phosphoric acid groups is 3. The van der Waals surface area contributed by atoms with Crippen LogP contribution in [-0.4, -0.2) is 60.4 Å². The molecule has 2 aromatic rings. The lowest BCUT2D eigenvalue weighted by molar-refractivity contribution is -0.0519. The van der Waals surface area contributed by atoms with Gasteiger partial charge in [0.05, 0.1) is 41.7 Å². The average Bonchev–Trinajstić information content (AvgIpc) is 3.29. The number of aromatic nitrogens is 2. The van der Waals surface area contributed by atoms with Crippen LogP contribution in [0.2, 0.25) is 0 Å². The van der Waals surface area contributed by atoms with Crippen molar-refractivity contribution in [1.29, 1.82) is 0 Å². The van der Waals surface area contributed by atoms with Gasteiger partial charge in [-0.25, -0.2) is 13.7 Å². The molecule has 37 heavy (non-hydrogen) atoms. The third kappa shape index (κ3) is 7.99. The molecule has 0 bridgehead atoms. The highest BCUT2D eigenvalue weighted by Gasteiger charge is 2.43. The number of anilines is 1. The second kappa shape index (κ2) is 11.7. The highest BCUT2D eigenvalue weighted by atomic mass is 32.1. The number of nitrogens with zero attached hydrogens (tertiary/aromatic N) is 1. The van der Waals surface area contributed by atoms with Crippen LogP contribution in [0.15, 0.2) is 17.1 Å². The first-order valence-electron chi connectivity index (χ1n) is 10.0. The molecule has 3 rings (SSSR count). The third-order valence-corrected chi connectivity index (χ3v) is 8.72. The van der Waals surface area contributed by atoms with Gasteiger partial charge in [-0.2, -0.15) is 21.3 Å². The summed E-state index contributed by atoms with van der Waals surface area (Å²) in [7, 11) is -16.6. The molecule has 21 heteroatoms. The Morgan fingerprint density at radius 1 is 1.22 bits per heavy atom. The molecule has 0 aromatic carbocycles. The van der Waals surface area contributed by atoms with Crippen LogP contribution in [0, 0.1) is 11.8 Å². The molecule has 5 atom stereocenters. The molecule has 1 fully saturated rings. The van der Waals surface area contributed by atoms with Gasteiger partial charge in [-0.15, -0.1) is 0 Å².